The summed E-state index contributed by atoms with van der Waals surface area (Å²) in [6.45, 7) is 3.79. The van der Waals surface area contributed by atoms with Crippen molar-refractivity contribution in [3.8, 4) is 5.75 Å². The predicted octanol–water partition coefficient (Wildman–Crippen LogP) is 1.30. The molecule has 6 atom stereocenters. The number of hydrogen-bond acceptors (Lipinski definition) is 11. The van der Waals surface area contributed by atoms with Gasteiger partial charge in [0.1, 0.15) is 23.7 Å². The molecule has 36 heavy (non-hydrogen) atoms. The molecule has 15 heteroatoms. The van der Waals surface area contributed by atoms with Gasteiger partial charge in [-0.1, -0.05) is 18.2 Å². The zero-order chi connectivity index (χ0) is 26.7. The van der Waals surface area contributed by atoms with E-state index in [-0.39, 0.29) is 11.6 Å². The van der Waals surface area contributed by atoms with Crippen LogP contribution in [0.5, 0.6) is 5.75 Å². The number of aliphatic hydroxyl groups is 2. The average Bonchev–Trinajstić information content (AvgIpc) is 3.01. The van der Waals surface area contributed by atoms with Crippen LogP contribution in [0, 0.1) is 0 Å². The van der Waals surface area contributed by atoms with E-state index in [0.29, 0.717) is 4.90 Å². The number of para-hydroxylation sites is 1. The molecule has 0 amide bonds. The first-order chi connectivity index (χ1) is 16.8. The molecule has 200 valence electrons. The van der Waals surface area contributed by atoms with Crippen LogP contribution in [0.25, 0.3) is 0 Å². The first kappa shape index (κ1) is 28.0. The van der Waals surface area contributed by atoms with Crippen LogP contribution in [0.1, 0.15) is 20.8 Å². The van der Waals surface area contributed by atoms with Crippen molar-refractivity contribution in [3.63, 3.8) is 0 Å². The van der Waals surface area contributed by atoms with Gasteiger partial charge < -0.3 is 34.8 Å². The quantitative estimate of drug-likeness (QED) is 0.253. The summed E-state index contributed by atoms with van der Waals surface area (Å²) in [7, 11) is -4.39. The normalized spacial score (nSPS) is 27.9. The molecule has 1 aromatic carbocycles. The maximum Gasteiger partial charge on any atom is 0.459 e. The van der Waals surface area contributed by atoms with Crippen molar-refractivity contribution in [2.24, 2.45) is 10.7 Å². The number of halogens is 2. The number of carbonyl (C=O) groups excluding carboxylic acids is 1. The number of nitrogens with two attached hydrogens (primary N) is 1. The molecular weight excluding hydrogens is 505 g/mol. The molecular formula is C21H29F2N4O8P. The van der Waals surface area contributed by atoms with E-state index in [1.807, 2.05) is 0 Å². The number of benzene rings is 1. The summed E-state index contributed by atoms with van der Waals surface area (Å²) < 4.78 is 64.3. The molecule has 2 unspecified atom stereocenters. The Morgan fingerprint density at radius 2 is 1.97 bits per heavy atom. The molecule has 2 aliphatic heterocycles. The molecule has 1 fully saturated rings. The van der Waals surface area contributed by atoms with Crippen LogP contribution in [0.2, 0.25) is 0 Å². The van der Waals surface area contributed by atoms with E-state index in [1.165, 1.54) is 25.1 Å². The van der Waals surface area contributed by atoms with Crippen molar-refractivity contribution in [1.82, 2.24) is 9.99 Å². The van der Waals surface area contributed by atoms with Gasteiger partial charge in [-0.3, -0.25) is 9.32 Å². The van der Waals surface area contributed by atoms with E-state index in [2.05, 4.69) is 10.1 Å². The van der Waals surface area contributed by atoms with Crippen LogP contribution in [0.4, 0.5) is 8.78 Å². The summed E-state index contributed by atoms with van der Waals surface area (Å²) in [5, 5.41) is 22.7. The summed E-state index contributed by atoms with van der Waals surface area (Å²) in [5.74, 6) is -4.62. The van der Waals surface area contributed by atoms with Crippen LogP contribution in [-0.4, -0.2) is 76.4 Å². The highest BCUT2D eigenvalue weighted by Gasteiger charge is 2.61. The van der Waals surface area contributed by atoms with Crippen LogP contribution < -0.4 is 15.3 Å². The Balaban J connectivity index is 1.75. The SMILES string of the molecule is CC(C)OC(=O)[C@H](C)NP(=O)(OC[C@H]1O[C@@H](N2C=CC(N)=NC2O)C(F)(F)[C@@H]1O)Oc1ccccc1. The van der Waals surface area contributed by atoms with Gasteiger partial charge in [0.05, 0.1) is 12.7 Å². The van der Waals surface area contributed by atoms with E-state index in [4.69, 9.17) is 24.3 Å². The second-order valence-corrected chi connectivity index (χ2v) is 10.0. The van der Waals surface area contributed by atoms with Crippen molar-refractivity contribution in [2.75, 3.05) is 6.61 Å². The third-order valence-electron chi connectivity index (χ3n) is 5.03. The lowest BCUT2D eigenvalue weighted by atomic mass is 10.1. The highest BCUT2D eigenvalue weighted by Crippen LogP contribution is 2.47. The van der Waals surface area contributed by atoms with Crippen molar-refractivity contribution in [3.05, 3.63) is 42.6 Å². The zero-order valence-electron chi connectivity index (χ0n) is 19.7. The van der Waals surface area contributed by atoms with Gasteiger partial charge in [0.25, 0.3) is 0 Å². The van der Waals surface area contributed by atoms with Crippen molar-refractivity contribution in [2.45, 2.75) is 63.6 Å². The second kappa shape index (κ2) is 11.2. The maximum atomic E-state index is 14.8. The van der Waals surface area contributed by atoms with E-state index in [9.17, 15) is 28.4 Å². The summed E-state index contributed by atoms with van der Waals surface area (Å²) in [6, 6.07) is 6.64. The molecule has 3 rings (SSSR count). The number of esters is 1. The lowest BCUT2D eigenvalue weighted by Crippen LogP contribution is -2.51. The number of aliphatic imine (C=N–C) groups is 1. The summed E-state index contributed by atoms with van der Waals surface area (Å²) in [4.78, 5) is 16.5. The molecule has 2 heterocycles. The summed E-state index contributed by atoms with van der Waals surface area (Å²) in [5.41, 5.74) is 5.45. The average molecular weight is 534 g/mol. The Morgan fingerprint density at radius 3 is 2.58 bits per heavy atom. The van der Waals surface area contributed by atoms with Gasteiger partial charge in [-0.15, -0.1) is 0 Å². The molecule has 0 spiro atoms. The van der Waals surface area contributed by atoms with E-state index in [1.54, 1.807) is 32.0 Å². The van der Waals surface area contributed by atoms with Crippen molar-refractivity contribution in [1.29, 1.82) is 0 Å². The predicted molar refractivity (Wildman–Crippen MR) is 123 cm³/mol. The van der Waals surface area contributed by atoms with Crippen molar-refractivity contribution < 1.29 is 46.9 Å². The molecule has 0 aliphatic carbocycles. The molecule has 1 saturated heterocycles. The fourth-order valence-electron chi connectivity index (χ4n) is 3.31. The van der Waals surface area contributed by atoms with E-state index in [0.717, 1.165) is 6.20 Å². The Kier molecular flexibility index (Phi) is 8.70. The third kappa shape index (κ3) is 6.58. The maximum absolute atomic E-state index is 14.8. The van der Waals surface area contributed by atoms with E-state index < -0.39 is 63.2 Å². The molecule has 0 bridgehead atoms. The Bertz CT molecular complexity index is 1030. The Morgan fingerprint density at radius 1 is 1.31 bits per heavy atom. The number of aliphatic hydroxyl groups excluding tert-OH is 2. The molecule has 0 aromatic heterocycles. The summed E-state index contributed by atoms with van der Waals surface area (Å²) >= 11 is 0. The lowest BCUT2D eigenvalue weighted by molar-refractivity contribution is -0.186. The van der Waals surface area contributed by atoms with Gasteiger partial charge in [-0.05, 0) is 39.0 Å². The monoisotopic (exact) mass is 534 g/mol. The highest BCUT2D eigenvalue weighted by molar-refractivity contribution is 7.52. The minimum Gasteiger partial charge on any atom is -0.462 e. The fourth-order valence-corrected chi connectivity index (χ4v) is 4.81. The van der Waals surface area contributed by atoms with Crippen LogP contribution in [0.3, 0.4) is 0 Å². The highest BCUT2D eigenvalue weighted by atomic mass is 31.2. The molecule has 2 aliphatic rings. The molecule has 0 radical (unpaired) electrons. The molecule has 12 nitrogen and oxygen atoms in total. The van der Waals surface area contributed by atoms with Gasteiger partial charge in [-0.2, -0.15) is 13.9 Å². The number of nitrogens with one attached hydrogen (secondary N) is 1. The van der Waals surface area contributed by atoms with Gasteiger partial charge in [0.2, 0.25) is 12.6 Å². The topological polar surface area (TPSA) is 165 Å². The number of hydrogen-bond donors (Lipinski definition) is 4. The van der Waals surface area contributed by atoms with Crippen LogP contribution in [-0.2, 0) is 23.4 Å². The van der Waals surface area contributed by atoms with Gasteiger partial charge in [0, 0.05) is 6.20 Å². The van der Waals surface area contributed by atoms with Gasteiger partial charge in [0.15, 0.2) is 6.10 Å². The standard InChI is InChI=1S/C21H29F2N4O8P/c1-12(2)33-18(29)13(3)26-36(31,35-14-7-5-4-6-8-14)32-11-15-17(28)21(22,23)19(34-15)27-10-9-16(24)25-20(27)30/h4-10,12-13,15,17,19-20,28,30H,11H2,1-3H3,(H2,24,25)(H,26,31)/t13-,15+,17+,19+,20?,36?/m0/s1. The third-order valence-corrected chi connectivity index (χ3v) is 6.68. The lowest BCUT2D eigenvalue weighted by Gasteiger charge is -2.34. The largest absolute Gasteiger partial charge is 0.462 e. The molecule has 5 N–H and O–H groups in total. The van der Waals surface area contributed by atoms with Crippen LogP contribution >= 0.6 is 7.75 Å². The number of amidine groups is 1. The zero-order valence-corrected chi connectivity index (χ0v) is 20.6. The Hall–Kier alpha value is -2.61. The van der Waals surface area contributed by atoms with Gasteiger partial charge >= 0.3 is 19.6 Å². The minimum atomic E-state index is -4.39. The van der Waals surface area contributed by atoms with Crippen LogP contribution in [0.15, 0.2) is 47.6 Å². The van der Waals surface area contributed by atoms with E-state index >= 15 is 0 Å². The second-order valence-electron chi connectivity index (χ2n) is 8.34. The number of nitrogens with zero attached hydrogens (tertiary/aromatic N) is 2. The first-order valence-electron chi connectivity index (χ1n) is 11.0. The molecule has 1 aromatic rings. The van der Waals surface area contributed by atoms with Crippen molar-refractivity contribution >= 4 is 19.6 Å². The fraction of sp³-hybridized carbons (Fsp3) is 0.524. The summed E-state index contributed by atoms with van der Waals surface area (Å²) in [6.07, 6.45) is -6.23. The number of ether oxygens (including phenoxy) is 2. The van der Waals surface area contributed by atoms with Gasteiger partial charge in [-0.25, -0.2) is 9.56 Å². The Labute approximate surface area is 206 Å². The molecule has 0 saturated carbocycles. The number of rotatable bonds is 10. The number of alkyl halides is 2. The first-order valence-corrected chi connectivity index (χ1v) is 12.5. The number of carbonyl (C=O) groups is 1. The smallest absolute Gasteiger partial charge is 0.459 e. The minimum absolute atomic E-state index is 0.0873.